The molecule has 6 nitrogen and oxygen atoms in total. The molecule has 0 aliphatic carbocycles. The fourth-order valence-corrected chi connectivity index (χ4v) is 4.64. The van der Waals surface area contributed by atoms with Crippen LogP contribution in [0.25, 0.3) is 0 Å². The maximum absolute atomic E-state index is 13.0. The van der Waals surface area contributed by atoms with Crippen LogP contribution in [0, 0.1) is 5.82 Å². The molecular weight excluding hydrogens is 516 g/mol. The lowest BCUT2D eigenvalue weighted by molar-refractivity contribution is -0.135. The number of aliphatic imine (C=N–C) groups is 1. The summed E-state index contributed by atoms with van der Waals surface area (Å²) in [6.45, 7) is 8.11. The number of amides is 1. The number of rotatable bonds is 6. The Balaban J connectivity index is 0.00000320. The molecule has 0 saturated carbocycles. The second-order valence-corrected chi connectivity index (χ2v) is 8.68. The Morgan fingerprint density at radius 3 is 2.33 bits per heavy atom. The number of benzene rings is 1. The third-order valence-corrected chi connectivity index (χ3v) is 6.63. The van der Waals surface area contributed by atoms with Gasteiger partial charge in [0.15, 0.2) is 5.96 Å². The fourth-order valence-electron chi connectivity index (χ4n) is 3.87. The normalized spacial score (nSPS) is 18.8. The summed E-state index contributed by atoms with van der Waals surface area (Å²) in [6.07, 6.45) is 2.27. The molecular formula is C21H33FIN5OS. The van der Waals surface area contributed by atoms with Crippen molar-refractivity contribution < 1.29 is 9.18 Å². The van der Waals surface area contributed by atoms with Gasteiger partial charge in [0.25, 0.3) is 0 Å². The summed E-state index contributed by atoms with van der Waals surface area (Å²) >= 11 is 1.69. The van der Waals surface area contributed by atoms with E-state index in [2.05, 4.69) is 20.1 Å². The van der Waals surface area contributed by atoms with E-state index in [9.17, 15) is 9.18 Å². The summed E-state index contributed by atoms with van der Waals surface area (Å²) in [4.78, 5) is 24.7. The number of nitrogens with zero attached hydrogens (tertiary/aromatic N) is 4. The van der Waals surface area contributed by atoms with Gasteiger partial charge in [-0.15, -0.1) is 35.7 Å². The number of hydrogen-bond donors (Lipinski definition) is 1. The summed E-state index contributed by atoms with van der Waals surface area (Å²) in [5.74, 6) is 1.86. The predicted molar refractivity (Wildman–Crippen MR) is 132 cm³/mol. The zero-order valence-electron chi connectivity index (χ0n) is 17.8. The second kappa shape index (κ2) is 12.7. The monoisotopic (exact) mass is 549 g/mol. The first-order valence-electron chi connectivity index (χ1n) is 10.5. The van der Waals surface area contributed by atoms with Crippen molar-refractivity contribution in [2.24, 2.45) is 4.99 Å². The van der Waals surface area contributed by atoms with E-state index in [0.29, 0.717) is 0 Å². The van der Waals surface area contributed by atoms with Crippen LogP contribution < -0.4 is 5.32 Å². The summed E-state index contributed by atoms with van der Waals surface area (Å²) < 4.78 is 13.0. The van der Waals surface area contributed by atoms with Gasteiger partial charge in [-0.3, -0.25) is 14.7 Å². The van der Waals surface area contributed by atoms with Gasteiger partial charge in [-0.2, -0.15) is 0 Å². The Kier molecular flexibility index (Phi) is 10.7. The summed E-state index contributed by atoms with van der Waals surface area (Å²) in [7, 11) is 1.81. The quantitative estimate of drug-likeness (QED) is 0.195. The van der Waals surface area contributed by atoms with Crippen molar-refractivity contribution in [3.05, 3.63) is 30.1 Å². The topological polar surface area (TPSA) is 51.2 Å². The highest BCUT2D eigenvalue weighted by molar-refractivity contribution is 14.0. The molecule has 0 radical (unpaired) electrons. The van der Waals surface area contributed by atoms with Gasteiger partial charge in [0.1, 0.15) is 5.82 Å². The minimum atomic E-state index is -0.205. The van der Waals surface area contributed by atoms with Gasteiger partial charge in [-0.25, -0.2) is 4.39 Å². The molecule has 1 aromatic rings. The van der Waals surface area contributed by atoms with E-state index < -0.39 is 0 Å². The molecule has 2 saturated heterocycles. The first kappa shape index (κ1) is 25.2. The van der Waals surface area contributed by atoms with Crippen molar-refractivity contribution in [1.29, 1.82) is 0 Å². The SMILES string of the molecule is CN=C(NCCSc1ccc(F)cc1)N1CCN(C(C)C(=O)N2CCCC2)CC1.I. The molecule has 1 amide bonds. The highest BCUT2D eigenvalue weighted by atomic mass is 127. The van der Waals surface area contributed by atoms with Gasteiger partial charge in [-0.05, 0) is 44.0 Å². The van der Waals surface area contributed by atoms with Crippen molar-refractivity contribution >= 4 is 47.6 Å². The zero-order chi connectivity index (χ0) is 20.6. The van der Waals surface area contributed by atoms with Crippen LogP contribution in [0.1, 0.15) is 19.8 Å². The van der Waals surface area contributed by atoms with Crippen LogP contribution in [0.5, 0.6) is 0 Å². The third kappa shape index (κ3) is 6.98. The summed E-state index contributed by atoms with van der Waals surface area (Å²) in [5, 5.41) is 3.42. The van der Waals surface area contributed by atoms with Crippen molar-refractivity contribution in [2.75, 3.05) is 58.6 Å². The molecule has 168 valence electrons. The average Bonchev–Trinajstić information content (AvgIpc) is 3.29. The van der Waals surface area contributed by atoms with E-state index in [0.717, 1.165) is 75.3 Å². The molecule has 0 spiro atoms. The van der Waals surface area contributed by atoms with Crippen LogP contribution in [0.4, 0.5) is 4.39 Å². The minimum absolute atomic E-state index is 0. The molecule has 9 heteroatoms. The summed E-state index contributed by atoms with van der Waals surface area (Å²) in [5.41, 5.74) is 0. The third-order valence-electron chi connectivity index (χ3n) is 5.62. The number of thioether (sulfide) groups is 1. The van der Waals surface area contributed by atoms with Gasteiger partial charge >= 0.3 is 0 Å². The number of carbonyl (C=O) groups is 1. The molecule has 1 aromatic carbocycles. The Labute approximate surface area is 200 Å². The average molecular weight is 549 g/mol. The molecule has 1 N–H and O–H groups in total. The molecule has 30 heavy (non-hydrogen) atoms. The fraction of sp³-hybridized carbons (Fsp3) is 0.619. The molecule has 2 aliphatic rings. The van der Waals surface area contributed by atoms with Crippen LogP contribution in [-0.2, 0) is 4.79 Å². The number of piperazine rings is 1. The van der Waals surface area contributed by atoms with E-state index in [-0.39, 0.29) is 41.7 Å². The van der Waals surface area contributed by atoms with Gasteiger partial charge in [0.05, 0.1) is 6.04 Å². The number of likely N-dealkylation sites (tertiary alicyclic amines) is 1. The first-order valence-corrected chi connectivity index (χ1v) is 11.4. The number of hydrogen-bond acceptors (Lipinski definition) is 4. The van der Waals surface area contributed by atoms with E-state index in [1.807, 2.05) is 11.8 Å². The molecule has 1 unspecified atom stereocenters. The standard InChI is InChI=1S/C21H32FN5OS.HI/c1-17(20(28)26-10-3-4-11-26)25-12-14-27(15-13-25)21(23-2)24-9-16-29-19-7-5-18(22)6-8-19;/h5-8,17H,3-4,9-16H2,1-2H3,(H,23,24);1H. The molecule has 0 aromatic heterocycles. The maximum Gasteiger partial charge on any atom is 0.239 e. The maximum atomic E-state index is 13.0. The van der Waals surface area contributed by atoms with E-state index >= 15 is 0 Å². The Bertz CT molecular complexity index is 691. The van der Waals surface area contributed by atoms with Crippen LogP contribution >= 0.6 is 35.7 Å². The van der Waals surface area contributed by atoms with E-state index in [1.165, 1.54) is 12.1 Å². The molecule has 3 rings (SSSR count). The minimum Gasteiger partial charge on any atom is -0.355 e. The lowest BCUT2D eigenvalue weighted by Gasteiger charge is -2.39. The smallest absolute Gasteiger partial charge is 0.239 e. The van der Waals surface area contributed by atoms with Crippen LogP contribution in [0.2, 0.25) is 0 Å². The van der Waals surface area contributed by atoms with Gasteiger partial charge < -0.3 is 15.1 Å². The number of carbonyl (C=O) groups excluding carboxylic acids is 1. The van der Waals surface area contributed by atoms with Crippen molar-refractivity contribution in [3.63, 3.8) is 0 Å². The highest BCUT2D eigenvalue weighted by Crippen LogP contribution is 2.17. The van der Waals surface area contributed by atoms with Crippen LogP contribution in [-0.4, -0.2) is 91.2 Å². The van der Waals surface area contributed by atoms with E-state index in [4.69, 9.17) is 0 Å². The lowest BCUT2D eigenvalue weighted by atomic mass is 10.2. The van der Waals surface area contributed by atoms with Gasteiger partial charge in [-0.1, -0.05) is 0 Å². The van der Waals surface area contributed by atoms with Gasteiger partial charge in [0, 0.05) is 63.5 Å². The molecule has 1 atom stereocenters. The number of halogens is 2. The Hall–Kier alpha value is -1.07. The Morgan fingerprint density at radius 2 is 1.73 bits per heavy atom. The number of guanidine groups is 1. The number of nitrogens with one attached hydrogen (secondary N) is 1. The lowest BCUT2D eigenvalue weighted by Crippen LogP contribution is -2.57. The molecule has 2 heterocycles. The van der Waals surface area contributed by atoms with Crippen LogP contribution in [0.3, 0.4) is 0 Å². The molecule has 0 bridgehead atoms. The van der Waals surface area contributed by atoms with Crippen LogP contribution in [0.15, 0.2) is 34.2 Å². The first-order chi connectivity index (χ1) is 14.1. The van der Waals surface area contributed by atoms with Crippen molar-refractivity contribution in [3.8, 4) is 0 Å². The molecule has 2 fully saturated rings. The van der Waals surface area contributed by atoms with Gasteiger partial charge in [0.2, 0.25) is 5.91 Å². The van der Waals surface area contributed by atoms with E-state index in [1.54, 1.807) is 30.9 Å². The predicted octanol–water partition coefficient (Wildman–Crippen LogP) is 2.74. The largest absolute Gasteiger partial charge is 0.355 e. The Morgan fingerprint density at radius 1 is 1.10 bits per heavy atom. The zero-order valence-corrected chi connectivity index (χ0v) is 21.0. The highest BCUT2D eigenvalue weighted by Gasteiger charge is 2.30. The van der Waals surface area contributed by atoms with Crippen molar-refractivity contribution in [2.45, 2.75) is 30.7 Å². The molecule has 2 aliphatic heterocycles. The summed E-state index contributed by atoms with van der Waals surface area (Å²) in [6, 6.07) is 6.54. The van der Waals surface area contributed by atoms with Crippen molar-refractivity contribution in [1.82, 2.24) is 20.0 Å². The second-order valence-electron chi connectivity index (χ2n) is 7.51.